The Labute approximate surface area is 151 Å². The number of benzene rings is 3. The van der Waals surface area contributed by atoms with Gasteiger partial charge in [0.05, 0.1) is 5.78 Å². The van der Waals surface area contributed by atoms with Gasteiger partial charge in [-0.15, -0.1) is 0 Å². The second-order valence-corrected chi connectivity index (χ2v) is 9.28. The number of rotatable bonds is 5. The molecule has 0 amide bonds. The molecule has 0 spiro atoms. The Morgan fingerprint density at radius 1 is 0.769 bits per heavy atom. The van der Waals surface area contributed by atoms with Crippen molar-refractivity contribution < 1.29 is 13.3 Å². The van der Waals surface area contributed by atoms with Crippen molar-refractivity contribution in [2.75, 3.05) is 0 Å². The quantitative estimate of drug-likeness (QED) is 0.544. The molecule has 1 saturated heterocycles. The summed E-state index contributed by atoms with van der Waals surface area (Å²) in [6.07, 6.45) is -2.67. The van der Waals surface area contributed by atoms with Gasteiger partial charge >= 0.3 is 0 Å². The Hall–Kier alpha value is -2.29. The van der Waals surface area contributed by atoms with Crippen LogP contribution < -0.4 is 15.9 Å². The van der Waals surface area contributed by atoms with E-state index in [1.807, 2.05) is 12.1 Å². The summed E-state index contributed by atoms with van der Waals surface area (Å²) in [5, 5.41) is 4.09. The van der Waals surface area contributed by atoms with E-state index in [-0.39, 0.29) is 0 Å². The van der Waals surface area contributed by atoms with Crippen molar-refractivity contribution >= 4 is 17.8 Å². The lowest BCUT2D eigenvalue weighted by molar-refractivity contribution is 0.0979. The fraction of sp³-hybridized carbons (Fsp3) is 0.143. The van der Waals surface area contributed by atoms with E-state index in [0.29, 0.717) is 16.2 Å². The smallest absolute Gasteiger partial charge is 0.262 e. The number of hydrogen-bond donors (Lipinski definition) is 1. The molecule has 1 aliphatic heterocycles. The molecular formula is C21H18F2NOP. The average Bonchev–Trinajstić information content (AvgIpc) is 3.47. The summed E-state index contributed by atoms with van der Waals surface area (Å²) in [6.45, 7) is 0. The van der Waals surface area contributed by atoms with Crippen molar-refractivity contribution in [3.05, 3.63) is 96.6 Å². The number of nitrogens with one attached hydrogen (secondary N) is 1. The minimum Gasteiger partial charge on any atom is -0.312 e. The van der Waals surface area contributed by atoms with Crippen LogP contribution in [0.5, 0.6) is 0 Å². The highest BCUT2D eigenvalue weighted by Crippen LogP contribution is 2.63. The van der Waals surface area contributed by atoms with Crippen LogP contribution in [0.3, 0.4) is 0 Å². The van der Waals surface area contributed by atoms with Gasteiger partial charge in [-0.3, -0.25) is 5.32 Å². The molecule has 1 aliphatic rings. The summed E-state index contributed by atoms with van der Waals surface area (Å²) in [5.41, 5.74) is -1.13. The van der Waals surface area contributed by atoms with E-state index in [1.54, 1.807) is 78.9 Å². The van der Waals surface area contributed by atoms with Crippen molar-refractivity contribution in [3.8, 4) is 0 Å². The second-order valence-electron chi connectivity index (χ2n) is 6.41. The van der Waals surface area contributed by atoms with Crippen molar-refractivity contribution in [1.29, 1.82) is 0 Å². The molecule has 1 heterocycles. The predicted molar refractivity (Wildman–Crippen MR) is 101 cm³/mol. The van der Waals surface area contributed by atoms with Crippen molar-refractivity contribution in [1.82, 2.24) is 5.32 Å². The minimum absolute atomic E-state index is 0.465. The van der Waals surface area contributed by atoms with Crippen LogP contribution >= 0.6 is 7.14 Å². The molecule has 4 rings (SSSR count). The van der Waals surface area contributed by atoms with Crippen LogP contribution in [0.2, 0.25) is 0 Å². The Kier molecular flexibility index (Phi) is 4.26. The first kappa shape index (κ1) is 17.1. The third-order valence-corrected chi connectivity index (χ3v) is 8.36. The molecule has 0 aromatic heterocycles. The molecule has 0 aliphatic carbocycles. The van der Waals surface area contributed by atoms with Gasteiger partial charge in [-0.25, -0.2) is 8.78 Å². The van der Waals surface area contributed by atoms with E-state index in [4.69, 9.17) is 0 Å². The molecule has 1 fully saturated rings. The van der Waals surface area contributed by atoms with Crippen LogP contribution in [0.1, 0.15) is 5.56 Å². The minimum atomic E-state index is -3.32. The van der Waals surface area contributed by atoms with Gasteiger partial charge in [-0.2, -0.15) is 0 Å². The molecule has 0 radical (unpaired) electrons. The molecule has 132 valence electrons. The summed E-state index contributed by atoms with van der Waals surface area (Å²) >= 11 is 0. The van der Waals surface area contributed by atoms with Crippen molar-refractivity contribution in [2.45, 2.75) is 17.7 Å². The maximum atomic E-state index is 14.3. The normalized spacial score (nSPS) is 22.3. The Balaban J connectivity index is 1.88. The van der Waals surface area contributed by atoms with E-state index < -0.39 is 24.9 Å². The lowest BCUT2D eigenvalue weighted by Crippen LogP contribution is -2.28. The van der Waals surface area contributed by atoms with Crippen molar-refractivity contribution in [2.24, 2.45) is 0 Å². The Morgan fingerprint density at radius 3 is 1.62 bits per heavy atom. The van der Waals surface area contributed by atoms with Crippen LogP contribution in [-0.4, -0.2) is 12.2 Å². The Morgan fingerprint density at radius 2 is 1.19 bits per heavy atom. The third-order valence-electron chi connectivity index (χ3n) is 4.96. The highest BCUT2D eigenvalue weighted by Gasteiger charge is 2.69. The SMILES string of the molecule is O=P(c1ccccc1)(c1ccccc1)[C@@H]1N[C@]1(c1ccccc1)C(F)F. The molecule has 1 N–H and O–H groups in total. The number of hydrogen-bond acceptors (Lipinski definition) is 2. The molecule has 26 heavy (non-hydrogen) atoms. The second kappa shape index (κ2) is 6.46. The predicted octanol–water partition coefficient (Wildman–Crippen LogP) is 4.09. The van der Waals surface area contributed by atoms with Crippen LogP contribution in [0.4, 0.5) is 8.78 Å². The molecule has 0 unspecified atom stereocenters. The Bertz CT molecular complexity index is 890. The van der Waals surface area contributed by atoms with Gasteiger partial charge < -0.3 is 4.57 Å². The summed E-state index contributed by atoms with van der Waals surface area (Å²) in [7, 11) is -3.32. The van der Waals surface area contributed by atoms with E-state index in [1.165, 1.54) is 0 Å². The molecule has 0 bridgehead atoms. The van der Waals surface area contributed by atoms with Crippen LogP contribution in [-0.2, 0) is 10.1 Å². The van der Waals surface area contributed by atoms with E-state index in [2.05, 4.69) is 5.32 Å². The van der Waals surface area contributed by atoms with Crippen LogP contribution in [0, 0.1) is 0 Å². The monoisotopic (exact) mass is 369 g/mol. The summed E-state index contributed by atoms with van der Waals surface area (Å²) in [5.74, 6) is -0.845. The maximum Gasteiger partial charge on any atom is 0.262 e. The molecule has 0 saturated carbocycles. The fourth-order valence-corrected chi connectivity index (χ4v) is 6.93. The van der Waals surface area contributed by atoms with E-state index in [0.717, 1.165) is 0 Å². The number of halogens is 2. The fourth-order valence-electron chi connectivity index (χ4n) is 3.57. The van der Waals surface area contributed by atoms with Gasteiger partial charge in [0.15, 0.2) is 7.14 Å². The summed E-state index contributed by atoms with van der Waals surface area (Å²) < 4.78 is 42.7. The summed E-state index contributed by atoms with van der Waals surface area (Å²) in [4.78, 5) is 0. The zero-order chi connectivity index (χ0) is 18.2. The van der Waals surface area contributed by atoms with Gasteiger partial charge in [0.1, 0.15) is 5.54 Å². The average molecular weight is 369 g/mol. The van der Waals surface area contributed by atoms with E-state index in [9.17, 15) is 13.3 Å². The lowest BCUT2D eigenvalue weighted by atomic mass is 10.00. The highest BCUT2D eigenvalue weighted by molar-refractivity contribution is 7.79. The molecule has 3 aromatic carbocycles. The first-order valence-electron chi connectivity index (χ1n) is 8.42. The van der Waals surface area contributed by atoms with Crippen LogP contribution in [0.25, 0.3) is 0 Å². The summed E-state index contributed by atoms with van der Waals surface area (Å²) in [6, 6.07) is 26.4. The van der Waals surface area contributed by atoms with Crippen LogP contribution in [0.15, 0.2) is 91.0 Å². The topological polar surface area (TPSA) is 39.0 Å². The first-order chi connectivity index (χ1) is 12.6. The standard InChI is InChI=1S/C21H18F2NOP/c22-19(23)21(16-10-4-1-5-11-16)20(24-21)26(25,17-12-6-2-7-13-17)18-14-8-3-9-15-18/h1-15,19-20,24H/t20-,21+/m0/s1. The van der Waals surface area contributed by atoms with E-state index >= 15 is 0 Å². The van der Waals surface area contributed by atoms with Gasteiger partial charge in [-0.1, -0.05) is 91.0 Å². The van der Waals surface area contributed by atoms with Crippen molar-refractivity contribution in [3.63, 3.8) is 0 Å². The van der Waals surface area contributed by atoms with Gasteiger partial charge in [0.25, 0.3) is 6.43 Å². The lowest BCUT2D eigenvalue weighted by Gasteiger charge is -2.22. The highest BCUT2D eigenvalue weighted by atomic mass is 31.2. The maximum absolute atomic E-state index is 14.3. The van der Waals surface area contributed by atoms with Gasteiger partial charge in [0.2, 0.25) is 0 Å². The molecule has 3 aromatic rings. The molecule has 2 nitrogen and oxygen atoms in total. The number of alkyl halides is 2. The first-order valence-corrected chi connectivity index (χ1v) is 10.2. The zero-order valence-electron chi connectivity index (χ0n) is 13.9. The van der Waals surface area contributed by atoms with Gasteiger partial charge in [-0.05, 0) is 5.56 Å². The molecule has 5 heteroatoms. The third kappa shape index (κ3) is 2.53. The molecule has 2 atom stereocenters. The largest absolute Gasteiger partial charge is 0.312 e. The van der Waals surface area contributed by atoms with Gasteiger partial charge in [0, 0.05) is 10.6 Å². The molecular weight excluding hydrogens is 351 g/mol. The zero-order valence-corrected chi connectivity index (χ0v) is 14.8.